The van der Waals surface area contributed by atoms with Gasteiger partial charge in [0.25, 0.3) is 0 Å². The molecule has 6 rings (SSSR count). The van der Waals surface area contributed by atoms with Crippen LogP contribution in [0, 0.1) is 46.3 Å². The average Bonchev–Trinajstić information content (AvgIpc) is 2.82. The van der Waals surface area contributed by atoms with Gasteiger partial charge in [0.05, 0.1) is 10.8 Å². The van der Waals surface area contributed by atoms with Crippen LogP contribution in [0.4, 0.5) is 0 Å². The highest BCUT2D eigenvalue weighted by molar-refractivity contribution is 5.95. The van der Waals surface area contributed by atoms with Gasteiger partial charge >= 0.3 is 11.9 Å². The maximum Gasteiger partial charge on any atom is 0.310 e. The standard InChI is InChI=1S/C10H8O4/c11-7(12)9-1-2-4-6(9)5(3(1)9)10(2,4)8(13)14/h1-6H,(H,11,12)(H,13,14)/t1?,2?,3-,4-,5-,6+,9+,10+/m1/s1. The molecule has 0 atom stereocenters. The molecule has 6 fully saturated rings. The molecule has 0 aromatic heterocycles. The third-order valence-electron chi connectivity index (χ3n) is 6.15. The van der Waals surface area contributed by atoms with E-state index in [1.165, 1.54) is 0 Å². The Labute approximate surface area is 78.9 Å². The first-order valence-electron chi connectivity index (χ1n) is 5.09. The predicted octanol–water partition coefficient (Wildman–Crippen LogP) is -0.106. The zero-order valence-electron chi connectivity index (χ0n) is 7.18. The van der Waals surface area contributed by atoms with Crippen LogP contribution in [0.25, 0.3) is 0 Å². The zero-order chi connectivity index (χ0) is 9.62. The Hall–Kier alpha value is -1.06. The lowest BCUT2D eigenvalue weighted by molar-refractivity contribution is -0.186. The maximum atomic E-state index is 11.1. The van der Waals surface area contributed by atoms with E-state index >= 15 is 0 Å². The summed E-state index contributed by atoms with van der Waals surface area (Å²) in [5.41, 5.74) is -0.839. The van der Waals surface area contributed by atoms with Crippen molar-refractivity contribution in [2.45, 2.75) is 0 Å². The summed E-state index contributed by atoms with van der Waals surface area (Å²) >= 11 is 0. The second kappa shape index (κ2) is 1.17. The minimum absolute atomic E-state index is 0.246. The highest BCUT2D eigenvalue weighted by atomic mass is 16.4. The molecule has 0 heterocycles. The number of hydrogen-bond acceptors (Lipinski definition) is 2. The summed E-state index contributed by atoms with van der Waals surface area (Å²) in [6.07, 6.45) is 0. The summed E-state index contributed by atoms with van der Waals surface area (Å²) in [4.78, 5) is 22.2. The SMILES string of the molecule is O=C(O)[C@]12C3C4[C@@H]5[C@@H]1[C@H]([C@@H]32)[C@]45C(=O)O. The highest BCUT2D eigenvalue weighted by Crippen LogP contribution is 3.10. The van der Waals surface area contributed by atoms with Crippen molar-refractivity contribution in [1.82, 2.24) is 0 Å². The van der Waals surface area contributed by atoms with E-state index in [0.717, 1.165) is 0 Å². The van der Waals surface area contributed by atoms with Crippen LogP contribution in [0.1, 0.15) is 0 Å². The number of carboxylic acids is 2. The van der Waals surface area contributed by atoms with Crippen LogP contribution >= 0.6 is 0 Å². The van der Waals surface area contributed by atoms with Gasteiger partial charge in [0.2, 0.25) is 0 Å². The van der Waals surface area contributed by atoms with Gasteiger partial charge in [-0.05, 0) is 35.5 Å². The van der Waals surface area contributed by atoms with Crippen molar-refractivity contribution < 1.29 is 19.8 Å². The fourth-order valence-electron chi connectivity index (χ4n) is 6.15. The maximum absolute atomic E-state index is 11.1. The summed E-state index contributed by atoms with van der Waals surface area (Å²) in [5.74, 6) is 0.173. The first-order chi connectivity index (χ1) is 6.62. The minimum atomic E-state index is -0.653. The summed E-state index contributed by atoms with van der Waals surface area (Å²) < 4.78 is 0. The molecule has 0 aromatic carbocycles. The van der Waals surface area contributed by atoms with E-state index in [-0.39, 0.29) is 35.5 Å². The molecule has 0 spiro atoms. The van der Waals surface area contributed by atoms with E-state index in [4.69, 9.17) is 10.2 Å². The van der Waals surface area contributed by atoms with Crippen molar-refractivity contribution in [3.63, 3.8) is 0 Å². The van der Waals surface area contributed by atoms with Crippen molar-refractivity contribution >= 4 is 11.9 Å². The molecule has 14 heavy (non-hydrogen) atoms. The van der Waals surface area contributed by atoms with Gasteiger partial charge in [0.15, 0.2) is 0 Å². The van der Waals surface area contributed by atoms with Gasteiger partial charge in [-0.25, -0.2) is 0 Å². The first kappa shape index (κ1) is 6.43. The third kappa shape index (κ3) is 0.241. The molecule has 0 saturated heterocycles. The fourth-order valence-corrected chi connectivity index (χ4v) is 6.15. The molecular weight excluding hydrogens is 184 g/mol. The molecule has 4 heteroatoms. The molecule has 0 bridgehead atoms. The van der Waals surface area contributed by atoms with Crippen LogP contribution in [0.2, 0.25) is 0 Å². The number of hydrogen-bond donors (Lipinski definition) is 2. The summed E-state index contributed by atoms with van der Waals surface area (Å²) in [7, 11) is 0. The predicted molar refractivity (Wildman–Crippen MR) is 41.1 cm³/mol. The van der Waals surface area contributed by atoms with Crippen LogP contribution in [0.15, 0.2) is 0 Å². The summed E-state index contributed by atoms with van der Waals surface area (Å²) in [5, 5.41) is 18.3. The van der Waals surface area contributed by atoms with E-state index in [9.17, 15) is 9.59 Å². The van der Waals surface area contributed by atoms with Crippen LogP contribution < -0.4 is 0 Å². The van der Waals surface area contributed by atoms with Crippen molar-refractivity contribution in [3.05, 3.63) is 0 Å². The second-order valence-electron chi connectivity index (χ2n) is 5.63. The molecular formula is C10H8O4. The summed E-state index contributed by atoms with van der Waals surface area (Å²) in [6.45, 7) is 0. The zero-order valence-corrected chi connectivity index (χ0v) is 7.18. The van der Waals surface area contributed by atoms with Gasteiger partial charge in [0.1, 0.15) is 0 Å². The van der Waals surface area contributed by atoms with Gasteiger partial charge in [0, 0.05) is 0 Å². The fraction of sp³-hybridized carbons (Fsp3) is 0.800. The smallest absolute Gasteiger partial charge is 0.310 e. The molecule has 0 unspecified atom stereocenters. The Balaban J connectivity index is 1.68. The van der Waals surface area contributed by atoms with Crippen LogP contribution in [-0.2, 0) is 9.59 Å². The largest absolute Gasteiger partial charge is 0.481 e. The van der Waals surface area contributed by atoms with Crippen molar-refractivity contribution in [2.75, 3.05) is 0 Å². The molecule has 2 N–H and O–H groups in total. The molecule has 6 aliphatic rings. The van der Waals surface area contributed by atoms with Gasteiger partial charge in [-0.3, -0.25) is 9.59 Å². The van der Waals surface area contributed by atoms with Crippen molar-refractivity contribution in [1.29, 1.82) is 0 Å². The number of carboxylic acid groups (broad SMARTS) is 2. The monoisotopic (exact) mass is 192 g/mol. The highest BCUT2D eigenvalue weighted by Gasteiger charge is 3.13. The van der Waals surface area contributed by atoms with Crippen LogP contribution in [0.5, 0.6) is 0 Å². The normalized spacial score (nSPS) is 76.9. The molecule has 0 amide bonds. The Morgan fingerprint density at radius 1 is 0.714 bits per heavy atom. The van der Waals surface area contributed by atoms with Crippen LogP contribution in [0.3, 0.4) is 0 Å². The van der Waals surface area contributed by atoms with Gasteiger partial charge in [-0.2, -0.15) is 0 Å². The molecule has 6 saturated carbocycles. The van der Waals surface area contributed by atoms with Gasteiger partial charge in [-0.1, -0.05) is 0 Å². The lowest BCUT2D eigenvalue weighted by Gasteiger charge is -2.53. The van der Waals surface area contributed by atoms with E-state index in [0.29, 0.717) is 0 Å². The van der Waals surface area contributed by atoms with E-state index in [1.807, 2.05) is 0 Å². The quantitative estimate of drug-likeness (QED) is 0.640. The van der Waals surface area contributed by atoms with E-state index in [2.05, 4.69) is 0 Å². The van der Waals surface area contributed by atoms with E-state index in [1.54, 1.807) is 0 Å². The molecule has 0 aliphatic heterocycles. The van der Waals surface area contributed by atoms with Crippen molar-refractivity contribution in [3.8, 4) is 0 Å². The van der Waals surface area contributed by atoms with Gasteiger partial charge < -0.3 is 10.2 Å². The first-order valence-corrected chi connectivity index (χ1v) is 5.09. The topological polar surface area (TPSA) is 74.6 Å². The van der Waals surface area contributed by atoms with Crippen LogP contribution in [-0.4, -0.2) is 22.2 Å². The Morgan fingerprint density at radius 3 is 1.07 bits per heavy atom. The van der Waals surface area contributed by atoms with Crippen molar-refractivity contribution in [2.24, 2.45) is 46.3 Å². The lowest BCUT2D eigenvalue weighted by atomic mass is 9.47. The lowest BCUT2D eigenvalue weighted by Crippen LogP contribution is -2.59. The molecule has 0 radical (unpaired) electrons. The molecule has 4 nitrogen and oxygen atoms in total. The molecule has 6 aliphatic carbocycles. The average molecular weight is 192 g/mol. The third-order valence-corrected chi connectivity index (χ3v) is 6.15. The Bertz CT molecular complexity index is 391. The minimum Gasteiger partial charge on any atom is -0.481 e. The van der Waals surface area contributed by atoms with E-state index < -0.39 is 22.8 Å². The number of carbonyl (C=O) groups is 2. The second-order valence-corrected chi connectivity index (χ2v) is 5.63. The number of rotatable bonds is 2. The number of aliphatic carboxylic acids is 2. The molecule has 72 valence electrons. The summed E-state index contributed by atoms with van der Waals surface area (Å²) in [6, 6.07) is 0. The Kier molecular flexibility index (Phi) is 0.538. The van der Waals surface area contributed by atoms with Gasteiger partial charge in [-0.15, -0.1) is 0 Å². The molecule has 0 aromatic rings. The Morgan fingerprint density at radius 2 is 0.929 bits per heavy atom.